The third-order valence-electron chi connectivity index (χ3n) is 8.04. The monoisotopic (exact) mass is 522 g/mol. The Balaban J connectivity index is 1.47. The van der Waals surface area contributed by atoms with E-state index in [9.17, 15) is 4.79 Å². The predicted octanol–water partition coefficient (Wildman–Crippen LogP) is 6.27. The molecule has 3 fully saturated rings. The number of benzene rings is 2. The maximum atomic E-state index is 13.2. The largest absolute Gasteiger partial charge is 0.365 e. The number of nitrogens with one attached hydrogen (secondary N) is 1. The molecule has 3 aliphatic rings. The number of fused-ring (bicyclic) bond motifs is 1. The summed E-state index contributed by atoms with van der Waals surface area (Å²) in [4.78, 5) is 20.9. The summed E-state index contributed by atoms with van der Waals surface area (Å²) in [6.45, 7) is 2.36. The molecule has 2 aliphatic heterocycles. The van der Waals surface area contributed by atoms with E-state index in [0.29, 0.717) is 43.9 Å². The molecule has 1 saturated carbocycles. The van der Waals surface area contributed by atoms with Crippen molar-refractivity contribution in [2.45, 2.75) is 24.4 Å². The zero-order chi connectivity index (χ0) is 23.9. The first-order chi connectivity index (χ1) is 17.0. The Morgan fingerprint density at radius 1 is 0.943 bits per heavy atom. The highest BCUT2D eigenvalue weighted by Crippen LogP contribution is 2.63. The van der Waals surface area contributed by atoms with E-state index < -0.39 is 0 Å². The van der Waals surface area contributed by atoms with Crippen molar-refractivity contribution in [1.29, 1.82) is 0 Å². The zero-order valence-electron chi connectivity index (χ0n) is 18.6. The van der Waals surface area contributed by atoms with Gasteiger partial charge in [0.15, 0.2) is 0 Å². The molecule has 3 unspecified atom stereocenters. The molecule has 1 spiro atoms. The maximum absolute atomic E-state index is 13.2. The van der Waals surface area contributed by atoms with Crippen molar-refractivity contribution in [3.05, 3.63) is 86.1 Å². The van der Waals surface area contributed by atoms with Crippen LogP contribution in [0.25, 0.3) is 27.8 Å². The van der Waals surface area contributed by atoms with Crippen molar-refractivity contribution in [2.24, 2.45) is 5.92 Å². The first-order valence-corrected chi connectivity index (χ1v) is 12.9. The fraction of sp³-hybridized carbons (Fsp3) is 0.259. The van der Waals surface area contributed by atoms with E-state index in [-0.39, 0.29) is 11.1 Å². The molecular weight excluding hydrogens is 503 g/mol. The lowest BCUT2D eigenvalue weighted by molar-refractivity contribution is 0.0932. The number of halogens is 3. The van der Waals surface area contributed by atoms with E-state index in [1.165, 1.54) is 32.0 Å². The molecule has 1 aliphatic carbocycles. The molecule has 2 aromatic heterocycles. The number of piperidine rings is 1. The van der Waals surface area contributed by atoms with Gasteiger partial charge in [0.05, 0.1) is 33.0 Å². The Labute approximate surface area is 217 Å². The number of hydrogen-bond donors (Lipinski definition) is 1. The molecular formula is C27H21Cl3N4O. The number of pyridine rings is 2. The zero-order valence-corrected chi connectivity index (χ0v) is 20.9. The standard InChI is InChI=1S/C27H21Cl3N4O/c28-18-5-2-1-4-15(18)24-16-8-9-23(35)34(25-19(29)6-3-7-20(25)30)21(16)14-22(31-24)32-26-17-10-12-33-13-11-27(17,26)33/h1-9,14,17,26H,10-13H2,(H,31,32). The SMILES string of the molecule is O=c1ccc2c(-c3ccccc3Cl)nc(NC3C4CCN5CCC435)cc2n1-c1c(Cl)cccc1Cl. The first kappa shape index (κ1) is 21.7. The van der Waals surface area contributed by atoms with Crippen molar-refractivity contribution in [3.8, 4) is 16.9 Å². The highest BCUT2D eigenvalue weighted by molar-refractivity contribution is 6.38. The van der Waals surface area contributed by atoms with Gasteiger partial charge in [-0.05, 0) is 43.7 Å². The Hall–Kier alpha value is -2.57. The molecule has 7 rings (SSSR count). The van der Waals surface area contributed by atoms with Crippen LogP contribution in [0.4, 0.5) is 5.82 Å². The van der Waals surface area contributed by atoms with Crippen LogP contribution in [0.1, 0.15) is 12.8 Å². The molecule has 0 bridgehead atoms. The van der Waals surface area contributed by atoms with Gasteiger partial charge in [-0.3, -0.25) is 14.3 Å². The van der Waals surface area contributed by atoms with Gasteiger partial charge in [-0.1, -0.05) is 59.1 Å². The summed E-state index contributed by atoms with van der Waals surface area (Å²) in [5.74, 6) is 1.36. The van der Waals surface area contributed by atoms with Gasteiger partial charge in [0.2, 0.25) is 0 Å². The van der Waals surface area contributed by atoms with E-state index in [2.05, 4.69) is 10.2 Å². The molecule has 1 N–H and O–H groups in total. The Bertz CT molecular complexity index is 1560. The lowest BCUT2D eigenvalue weighted by Gasteiger charge is -2.40. The summed E-state index contributed by atoms with van der Waals surface area (Å²) >= 11 is 19.7. The molecule has 8 heteroatoms. The average molecular weight is 524 g/mol. The highest BCUT2D eigenvalue weighted by Gasteiger charge is 2.74. The summed E-state index contributed by atoms with van der Waals surface area (Å²) in [5, 5.41) is 5.90. The number of rotatable bonds is 4. The van der Waals surface area contributed by atoms with Crippen LogP contribution in [0.15, 0.2) is 65.5 Å². The minimum absolute atomic E-state index is 0.221. The molecule has 35 heavy (non-hydrogen) atoms. The van der Waals surface area contributed by atoms with Gasteiger partial charge in [0, 0.05) is 46.1 Å². The quantitative estimate of drug-likeness (QED) is 0.342. The summed E-state index contributed by atoms with van der Waals surface area (Å²) in [5.41, 5.74) is 2.71. The second-order valence-electron chi connectivity index (χ2n) is 9.59. The Morgan fingerprint density at radius 3 is 2.43 bits per heavy atom. The summed E-state index contributed by atoms with van der Waals surface area (Å²) in [6, 6.07) is 18.5. The summed E-state index contributed by atoms with van der Waals surface area (Å²) in [6.07, 6.45) is 2.43. The lowest BCUT2D eigenvalue weighted by Crippen LogP contribution is -2.51. The normalized spacial score (nSPS) is 24.7. The molecule has 4 aromatic rings. The lowest BCUT2D eigenvalue weighted by atomic mass is 10.0. The van der Waals surface area contributed by atoms with Crippen LogP contribution in [0.5, 0.6) is 0 Å². The molecule has 2 saturated heterocycles. The van der Waals surface area contributed by atoms with E-state index in [0.717, 1.165) is 16.8 Å². The Morgan fingerprint density at radius 2 is 1.71 bits per heavy atom. The third-order valence-corrected chi connectivity index (χ3v) is 8.98. The van der Waals surface area contributed by atoms with Crippen molar-refractivity contribution in [1.82, 2.24) is 14.5 Å². The smallest absolute Gasteiger partial charge is 0.255 e. The fourth-order valence-corrected chi connectivity index (χ4v) is 7.12. The number of anilines is 1. The molecule has 176 valence electrons. The van der Waals surface area contributed by atoms with Crippen molar-refractivity contribution >= 4 is 51.5 Å². The summed E-state index contributed by atoms with van der Waals surface area (Å²) < 4.78 is 1.58. The molecule has 0 amide bonds. The van der Waals surface area contributed by atoms with Gasteiger partial charge in [0.25, 0.3) is 5.56 Å². The first-order valence-electron chi connectivity index (χ1n) is 11.8. The summed E-state index contributed by atoms with van der Waals surface area (Å²) in [7, 11) is 0. The highest BCUT2D eigenvalue weighted by atomic mass is 35.5. The second kappa shape index (κ2) is 7.71. The number of nitrogens with zero attached hydrogens (tertiary/aromatic N) is 3. The van der Waals surface area contributed by atoms with Gasteiger partial charge in [-0.25, -0.2) is 4.98 Å². The van der Waals surface area contributed by atoms with E-state index in [1.807, 2.05) is 30.3 Å². The van der Waals surface area contributed by atoms with Crippen molar-refractivity contribution in [3.63, 3.8) is 0 Å². The predicted molar refractivity (Wildman–Crippen MR) is 142 cm³/mol. The molecule has 3 atom stereocenters. The molecule has 0 radical (unpaired) electrons. The van der Waals surface area contributed by atoms with E-state index in [4.69, 9.17) is 39.8 Å². The molecule has 5 nitrogen and oxygen atoms in total. The van der Waals surface area contributed by atoms with Crippen LogP contribution in [-0.4, -0.2) is 39.1 Å². The van der Waals surface area contributed by atoms with Gasteiger partial charge in [0.1, 0.15) is 5.82 Å². The van der Waals surface area contributed by atoms with Crippen LogP contribution in [-0.2, 0) is 0 Å². The fourth-order valence-electron chi connectivity index (χ4n) is 6.32. The minimum Gasteiger partial charge on any atom is -0.365 e. The van der Waals surface area contributed by atoms with Gasteiger partial charge in [-0.2, -0.15) is 0 Å². The minimum atomic E-state index is -0.221. The van der Waals surface area contributed by atoms with E-state index >= 15 is 0 Å². The number of aromatic nitrogens is 2. The number of para-hydroxylation sites is 1. The van der Waals surface area contributed by atoms with Crippen LogP contribution < -0.4 is 10.9 Å². The molecule has 2 aromatic carbocycles. The van der Waals surface area contributed by atoms with Gasteiger partial charge in [-0.15, -0.1) is 0 Å². The van der Waals surface area contributed by atoms with Crippen LogP contribution in [0.3, 0.4) is 0 Å². The van der Waals surface area contributed by atoms with E-state index in [1.54, 1.807) is 28.8 Å². The van der Waals surface area contributed by atoms with Gasteiger partial charge < -0.3 is 5.32 Å². The van der Waals surface area contributed by atoms with Crippen LogP contribution in [0.2, 0.25) is 15.1 Å². The Kier molecular flexibility index (Phi) is 4.78. The maximum Gasteiger partial charge on any atom is 0.255 e. The second-order valence-corrected chi connectivity index (χ2v) is 10.8. The number of hydrogen-bond acceptors (Lipinski definition) is 4. The van der Waals surface area contributed by atoms with Crippen LogP contribution in [0, 0.1) is 5.92 Å². The van der Waals surface area contributed by atoms with Gasteiger partial charge >= 0.3 is 0 Å². The topological polar surface area (TPSA) is 50.2 Å². The van der Waals surface area contributed by atoms with Crippen molar-refractivity contribution < 1.29 is 0 Å². The van der Waals surface area contributed by atoms with Crippen LogP contribution >= 0.6 is 34.8 Å². The average Bonchev–Trinajstić information content (AvgIpc) is 3.39. The molecule has 4 heterocycles. The van der Waals surface area contributed by atoms with Crippen molar-refractivity contribution in [2.75, 3.05) is 18.4 Å². The third kappa shape index (κ3) is 3.05.